The maximum Gasteiger partial charge on any atom is 0.237 e. The summed E-state index contributed by atoms with van der Waals surface area (Å²) in [6.07, 6.45) is 1.53. The first-order chi connectivity index (χ1) is 11.6. The Morgan fingerprint density at radius 3 is 2.46 bits per heavy atom. The molecular weight excluding hydrogens is 320 g/mol. The zero-order valence-corrected chi connectivity index (χ0v) is 14.4. The second-order valence-electron chi connectivity index (χ2n) is 5.76. The molecule has 1 aliphatic rings. The minimum absolute atomic E-state index is 0.0335. The lowest BCUT2D eigenvalue weighted by Crippen LogP contribution is -2.24. The van der Waals surface area contributed by atoms with E-state index in [4.69, 9.17) is 0 Å². The molecular formula is C19H20N2O2S. The van der Waals surface area contributed by atoms with E-state index < -0.39 is 0 Å². The molecule has 0 bridgehead atoms. The van der Waals surface area contributed by atoms with E-state index in [0.717, 1.165) is 29.2 Å². The van der Waals surface area contributed by atoms with E-state index in [0.29, 0.717) is 6.42 Å². The van der Waals surface area contributed by atoms with Gasteiger partial charge >= 0.3 is 0 Å². The van der Waals surface area contributed by atoms with E-state index in [-0.39, 0.29) is 17.1 Å². The summed E-state index contributed by atoms with van der Waals surface area (Å²) in [6.45, 7) is 2.67. The highest BCUT2D eigenvalue weighted by atomic mass is 32.2. The van der Waals surface area contributed by atoms with E-state index in [1.165, 1.54) is 11.8 Å². The van der Waals surface area contributed by atoms with Gasteiger partial charge in [-0.25, -0.2) is 0 Å². The van der Waals surface area contributed by atoms with Crippen LogP contribution < -0.4 is 10.2 Å². The molecule has 0 aliphatic carbocycles. The zero-order chi connectivity index (χ0) is 16.9. The topological polar surface area (TPSA) is 49.4 Å². The van der Waals surface area contributed by atoms with Gasteiger partial charge in [-0.2, -0.15) is 0 Å². The third kappa shape index (κ3) is 3.97. The molecule has 0 aromatic heterocycles. The van der Waals surface area contributed by atoms with Crippen LogP contribution in [-0.2, 0) is 9.59 Å². The Labute approximate surface area is 146 Å². The van der Waals surface area contributed by atoms with Crippen LogP contribution in [0.2, 0.25) is 0 Å². The lowest BCUT2D eigenvalue weighted by Gasteiger charge is -2.16. The number of hydrogen-bond acceptors (Lipinski definition) is 3. The van der Waals surface area contributed by atoms with Crippen LogP contribution in [0, 0.1) is 0 Å². The Kier molecular flexibility index (Phi) is 5.20. The Hall–Kier alpha value is -2.27. The molecule has 5 heteroatoms. The van der Waals surface area contributed by atoms with Crippen LogP contribution in [0.3, 0.4) is 0 Å². The second kappa shape index (κ2) is 7.53. The Bertz CT molecular complexity index is 716. The largest absolute Gasteiger partial charge is 0.325 e. The summed E-state index contributed by atoms with van der Waals surface area (Å²) in [5.74, 6) is 0.133. The van der Waals surface area contributed by atoms with Crippen LogP contribution in [0.5, 0.6) is 0 Å². The fourth-order valence-corrected chi connectivity index (χ4v) is 3.53. The molecule has 2 aromatic carbocycles. The summed E-state index contributed by atoms with van der Waals surface area (Å²) < 4.78 is 0. The molecule has 2 aromatic rings. The molecule has 24 heavy (non-hydrogen) atoms. The zero-order valence-electron chi connectivity index (χ0n) is 13.6. The van der Waals surface area contributed by atoms with Gasteiger partial charge in [0.15, 0.2) is 0 Å². The minimum atomic E-state index is -0.188. The average Bonchev–Trinajstić information content (AvgIpc) is 3.02. The predicted molar refractivity (Wildman–Crippen MR) is 98.4 cm³/mol. The highest BCUT2D eigenvalue weighted by Gasteiger charge is 2.21. The van der Waals surface area contributed by atoms with Gasteiger partial charge in [0.2, 0.25) is 11.8 Å². The summed E-state index contributed by atoms with van der Waals surface area (Å²) in [5, 5.41) is 2.74. The van der Waals surface area contributed by atoms with E-state index in [1.54, 1.807) is 4.90 Å². The molecule has 0 saturated carbocycles. The van der Waals surface area contributed by atoms with Gasteiger partial charge in [-0.05, 0) is 49.7 Å². The summed E-state index contributed by atoms with van der Waals surface area (Å²) in [7, 11) is 0. The van der Waals surface area contributed by atoms with E-state index in [9.17, 15) is 9.59 Å². The van der Waals surface area contributed by atoms with Crippen LogP contribution in [-0.4, -0.2) is 23.6 Å². The maximum absolute atomic E-state index is 12.3. The van der Waals surface area contributed by atoms with E-state index in [2.05, 4.69) is 5.32 Å². The van der Waals surface area contributed by atoms with Crippen molar-refractivity contribution in [3.8, 4) is 0 Å². The highest BCUT2D eigenvalue weighted by Crippen LogP contribution is 2.25. The Morgan fingerprint density at radius 2 is 1.83 bits per heavy atom. The summed E-state index contributed by atoms with van der Waals surface area (Å²) >= 11 is 1.53. The number of hydrogen-bond donors (Lipinski definition) is 1. The molecule has 1 N–H and O–H groups in total. The third-order valence-corrected chi connectivity index (χ3v) is 5.06. The van der Waals surface area contributed by atoms with Crippen molar-refractivity contribution in [3.05, 3.63) is 54.6 Å². The van der Waals surface area contributed by atoms with Gasteiger partial charge in [-0.15, -0.1) is 11.8 Å². The normalized spacial score (nSPS) is 15.4. The molecule has 0 radical (unpaired) electrons. The van der Waals surface area contributed by atoms with E-state index in [1.807, 2.05) is 61.5 Å². The van der Waals surface area contributed by atoms with Gasteiger partial charge in [0.25, 0.3) is 0 Å². The number of nitrogens with zero attached hydrogens (tertiary/aromatic N) is 1. The lowest BCUT2D eigenvalue weighted by atomic mass is 10.2. The molecule has 1 heterocycles. The van der Waals surface area contributed by atoms with Crippen LogP contribution >= 0.6 is 11.8 Å². The number of anilines is 2. The predicted octanol–water partition coefficient (Wildman–Crippen LogP) is 3.93. The lowest BCUT2D eigenvalue weighted by molar-refractivity contribution is -0.117. The number of rotatable bonds is 5. The summed E-state index contributed by atoms with van der Waals surface area (Å²) in [6, 6.07) is 17.3. The van der Waals surface area contributed by atoms with Crippen molar-refractivity contribution >= 4 is 35.0 Å². The SMILES string of the molecule is C[C@@H](Sc1ccccc1)C(=O)Nc1ccc(N2CCCC2=O)cc1. The van der Waals surface area contributed by atoms with Crippen molar-refractivity contribution in [2.75, 3.05) is 16.8 Å². The standard InChI is InChI=1S/C19H20N2O2S/c1-14(24-17-6-3-2-4-7-17)19(23)20-15-9-11-16(12-10-15)21-13-5-8-18(21)22/h2-4,6-7,9-12,14H,5,8,13H2,1H3,(H,20,23)/t14-/m1/s1. The molecule has 0 spiro atoms. The quantitative estimate of drug-likeness (QED) is 0.839. The second-order valence-corrected chi connectivity index (χ2v) is 7.17. The number of nitrogens with one attached hydrogen (secondary N) is 1. The number of carbonyl (C=O) groups excluding carboxylic acids is 2. The van der Waals surface area contributed by atoms with E-state index >= 15 is 0 Å². The van der Waals surface area contributed by atoms with Crippen molar-refractivity contribution in [1.29, 1.82) is 0 Å². The molecule has 4 nitrogen and oxygen atoms in total. The molecule has 3 rings (SSSR count). The van der Waals surface area contributed by atoms with Gasteiger partial charge in [0.1, 0.15) is 0 Å². The first-order valence-electron chi connectivity index (χ1n) is 8.06. The van der Waals surface area contributed by atoms with Crippen LogP contribution in [0.4, 0.5) is 11.4 Å². The molecule has 1 aliphatic heterocycles. The summed E-state index contributed by atoms with van der Waals surface area (Å²) in [5.41, 5.74) is 1.64. The Balaban J connectivity index is 1.59. The van der Waals surface area contributed by atoms with Crippen molar-refractivity contribution in [2.45, 2.75) is 29.9 Å². The van der Waals surface area contributed by atoms with Crippen LogP contribution in [0.15, 0.2) is 59.5 Å². The van der Waals surface area contributed by atoms with Crippen molar-refractivity contribution in [1.82, 2.24) is 0 Å². The van der Waals surface area contributed by atoms with Gasteiger partial charge in [-0.1, -0.05) is 18.2 Å². The molecule has 1 atom stereocenters. The van der Waals surface area contributed by atoms with Crippen molar-refractivity contribution in [3.63, 3.8) is 0 Å². The van der Waals surface area contributed by atoms with Crippen LogP contribution in [0.1, 0.15) is 19.8 Å². The van der Waals surface area contributed by atoms with Gasteiger partial charge in [-0.3, -0.25) is 9.59 Å². The fraction of sp³-hybridized carbons (Fsp3) is 0.263. The minimum Gasteiger partial charge on any atom is -0.325 e. The van der Waals surface area contributed by atoms with Gasteiger partial charge in [0, 0.05) is 29.2 Å². The first kappa shape index (κ1) is 16.6. The number of amides is 2. The average molecular weight is 340 g/mol. The number of carbonyl (C=O) groups is 2. The number of benzene rings is 2. The van der Waals surface area contributed by atoms with Gasteiger partial charge < -0.3 is 10.2 Å². The highest BCUT2D eigenvalue weighted by molar-refractivity contribution is 8.00. The molecule has 0 unspecified atom stereocenters. The maximum atomic E-state index is 12.3. The molecule has 1 saturated heterocycles. The van der Waals surface area contributed by atoms with Crippen molar-refractivity contribution in [2.24, 2.45) is 0 Å². The Morgan fingerprint density at radius 1 is 1.12 bits per heavy atom. The molecule has 124 valence electrons. The van der Waals surface area contributed by atoms with Crippen molar-refractivity contribution < 1.29 is 9.59 Å². The molecule has 1 fully saturated rings. The third-order valence-electron chi connectivity index (χ3n) is 3.95. The smallest absolute Gasteiger partial charge is 0.237 e. The monoisotopic (exact) mass is 340 g/mol. The fourth-order valence-electron chi connectivity index (χ4n) is 2.65. The first-order valence-corrected chi connectivity index (χ1v) is 8.94. The molecule has 2 amide bonds. The summed E-state index contributed by atoms with van der Waals surface area (Å²) in [4.78, 5) is 26.9. The number of thioether (sulfide) groups is 1. The van der Waals surface area contributed by atoms with Gasteiger partial charge in [0.05, 0.1) is 5.25 Å². The van der Waals surface area contributed by atoms with Crippen LogP contribution in [0.25, 0.3) is 0 Å².